The molecule has 3 rings (SSSR count). The SMILES string of the molecule is Cn1c(O)c(C(=Nc2ccc(F)cc2)SCc2ccccc2Cl)c(=O)n(C)c1=O. The van der Waals surface area contributed by atoms with Gasteiger partial charge >= 0.3 is 5.69 Å². The van der Waals surface area contributed by atoms with E-state index in [9.17, 15) is 19.1 Å². The van der Waals surface area contributed by atoms with Crippen molar-refractivity contribution in [3.05, 3.63) is 91.3 Å². The zero-order chi connectivity index (χ0) is 21.1. The number of hydrogen-bond donors (Lipinski definition) is 1. The van der Waals surface area contributed by atoms with E-state index in [2.05, 4.69) is 4.99 Å². The first-order valence-electron chi connectivity index (χ1n) is 8.49. The number of aromatic nitrogens is 2. The lowest BCUT2D eigenvalue weighted by molar-refractivity contribution is 0.410. The van der Waals surface area contributed by atoms with Crippen LogP contribution in [-0.4, -0.2) is 19.3 Å². The van der Waals surface area contributed by atoms with Crippen LogP contribution in [0.4, 0.5) is 10.1 Å². The molecule has 0 amide bonds. The predicted molar refractivity (Wildman–Crippen MR) is 114 cm³/mol. The third-order valence-electron chi connectivity index (χ3n) is 4.23. The van der Waals surface area contributed by atoms with E-state index >= 15 is 0 Å². The molecule has 0 radical (unpaired) electrons. The topological polar surface area (TPSA) is 76.6 Å². The van der Waals surface area contributed by atoms with Crippen LogP contribution in [0.1, 0.15) is 11.1 Å². The molecule has 0 bridgehead atoms. The maximum absolute atomic E-state index is 13.2. The zero-order valence-corrected chi connectivity index (χ0v) is 17.2. The summed E-state index contributed by atoms with van der Waals surface area (Å²) < 4.78 is 15.1. The van der Waals surface area contributed by atoms with Gasteiger partial charge in [-0.25, -0.2) is 14.2 Å². The van der Waals surface area contributed by atoms with Gasteiger partial charge < -0.3 is 5.11 Å². The Kier molecular flexibility index (Phi) is 6.24. The quantitative estimate of drug-likeness (QED) is 0.504. The maximum Gasteiger partial charge on any atom is 0.333 e. The Morgan fingerprint density at radius 1 is 1.10 bits per heavy atom. The summed E-state index contributed by atoms with van der Waals surface area (Å²) >= 11 is 7.39. The van der Waals surface area contributed by atoms with Crippen LogP contribution >= 0.6 is 23.4 Å². The largest absolute Gasteiger partial charge is 0.494 e. The van der Waals surface area contributed by atoms with Crippen molar-refractivity contribution in [3.63, 3.8) is 0 Å². The zero-order valence-electron chi connectivity index (χ0n) is 15.6. The van der Waals surface area contributed by atoms with E-state index in [4.69, 9.17) is 11.6 Å². The molecule has 0 atom stereocenters. The minimum atomic E-state index is -0.682. The van der Waals surface area contributed by atoms with Crippen molar-refractivity contribution >= 4 is 34.1 Å². The molecule has 150 valence electrons. The van der Waals surface area contributed by atoms with Crippen LogP contribution in [-0.2, 0) is 19.8 Å². The van der Waals surface area contributed by atoms with Crippen molar-refractivity contribution in [1.29, 1.82) is 0 Å². The molecule has 9 heteroatoms. The van der Waals surface area contributed by atoms with Crippen LogP contribution in [0, 0.1) is 5.82 Å². The summed E-state index contributed by atoms with van der Waals surface area (Å²) in [5, 5.41) is 11.2. The Morgan fingerprint density at radius 3 is 2.41 bits per heavy atom. The highest BCUT2D eigenvalue weighted by atomic mass is 35.5. The van der Waals surface area contributed by atoms with Crippen molar-refractivity contribution in [2.45, 2.75) is 5.75 Å². The van der Waals surface area contributed by atoms with Crippen LogP contribution in [0.15, 0.2) is 63.1 Å². The Labute approximate surface area is 174 Å². The summed E-state index contributed by atoms with van der Waals surface area (Å²) in [6.45, 7) is 0. The third kappa shape index (κ3) is 4.44. The number of nitrogens with zero attached hydrogens (tertiary/aromatic N) is 3. The lowest BCUT2D eigenvalue weighted by atomic mass is 10.2. The van der Waals surface area contributed by atoms with E-state index in [1.54, 1.807) is 12.1 Å². The minimum Gasteiger partial charge on any atom is -0.494 e. The Morgan fingerprint density at radius 2 is 1.76 bits per heavy atom. The first kappa shape index (κ1) is 20.9. The Balaban J connectivity index is 2.14. The van der Waals surface area contributed by atoms with Crippen LogP contribution < -0.4 is 11.2 Å². The van der Waals surface area contributed by atoms with Crippen LogP contribution in [0.5, 0.6) is 5.88 Å². The summed E-state index contributed by atoms with van der Waals surface area (Å²) in [4.78, 5) is 29.2. The van der Waals surface area contributed by atoms with Crippen LogP contribution in [0.25, 0.3) is 0 Å². The standard InChI is InChI=1S/C20H17ClFN3O3S/c1-24-18(26)16(19(27)25(2)20(24)28)17(23-14-9-7-13(22)8-10-14)29-11-12-5-3-4-6-15(12)21/h3-10,26H,11H2,1-2H3. The van der Waals surface area contributed by atoms with E-state index in [1.807, 2.05) is 12.1 Å². The summed E-state index contributed by atoms with van der Waals surface area (Å²) in [6, 6.07) is 12.6. The Bertz CT molecular complexity index is 1200. The van der Waals surface area contributed by atoms with Crippen molar-refractivity contribution in [1.82, 2.24) is 9.13 Å². The highest BCUT2D eigenvalue weighted by molar-refractivity contribution is 8.13. The van der Waals surface area contributed by atoms with E-state index in [-0.39, 0.29) is 10.6 Å². The third-order valence-corrected chi connectivity index (χ3v) is 5.62. The second-order valence-electron chi connectivity index (χ2n) is 6.18. The summed E-state index contributed by atoms with van der Waals surface area (Å²) in [7, 11) is 2.68. The lowest BCUT2D eigenvalue weighted by Crippen LogP contribution is -2.39. The fourth-order valence-corrected chi connectivity index (χ4v) is 3.89. The van der Waals surface area contributed by atoms with Gasteiger partial charge in [-0.3, -0.25) is 13.9 Å². The van der Waals surface area contributed by atoms with Crippen molar-refractivity contribution in [3.8, 4) is 5.88 Å². The van der Waals surface area contributed by atoms with Gasteiger partial charge in [0, 0.05) is 24.9 Å². The van der Waals surface area contributed by atoms with E-state index < -0.39 is 22.9 Å². The molecular formula is C20H17ClFN3O3S. The van der Waals surface area contributed by atoms with Gasteiger partial charge in [-0.05, 0) is 35.9 Å². The van der Waals surface area contributed by atoms with E-state index in [0.717, 1.165) is 14.7 Å². The first-order chi connectivity index (χ1) is 13.8. The fourth-order valence-electron chi connectivity index (χ4n) is 2.58. The molecule has 1 N–H and O–H groups in total. The number of benzene rings is 2. The molecule has 0 spiro atoms. The number of thioether (sulfide) groups is 1. The van der Waals surface area contributed by atoms with Crippen molar-refractivity contribution < 1.29 is 9.50 Å². The molecule has 0 saturated heterocycles. The summed E-state index contributed by atoms with van der Waals surface area (Å²) in [6.07, 6.45) is 0. The first-order valence-corrected chi connectivity index (χ1v) is 9.85. The monoisotopic (exact) mass is 433 g/mol. The van der Waals surface area contributed by atoms with Crippen molar-refractivity contribution in [2.24, 2.45) is 19.1 Å². The Hall–Kier alpha value is -2.84. The number of aliphatic imine (C=N–C) groups is 1. The molecule has 29 heavy (non-hydrogen) atoms. The normalized spacial score (nSPS) is 11.7. The summed E-state index contributed by atoms with van der Waals surface area (Å²) in [5.41, 5.74) is -0.252. The summed E-state index contributed by atoms with van der Waals surface area (Å²) in [5.74, 6) is -0.550. The molecule has 0 fully saturated rings. The molecule has 2 aromatic carbocycles. The minimum absolute atomic E-state index is 0.115. The number of hydrogen-bond acceptors (Lipinski definition) is 5. The molecule has 0 saturated carbocycles. The molecule has 1 heterocycles. The van der Waals surface area contributed by atoms with Gasteiger partial charge in [0.1, 0.15) is 16.4 Å². The highest BCUT2D eigenvalue weighted by Crippen LogP contribution is 2.27. The molecule has 0 aliphatic carbocycles. The smallest absolute Gasteiger partial charge is 0.333 e. The van der Waals surface area contributed by atoms with Gasteiger partial charge in [-0.1, -0.05) is 29.8 Å². The molecule has 3 aromatic rings. The van der Waals surface area contributed by atoms with Gasteiger partial charge in [0.15, 0.2) is 0 Å². The molecule has 0 aliphatic heterocycles. The van der Waals surface area contributed by atoms with Gasteiger partial charge in [-0.2, -0.15) is 0 Å². The average Bonchev–Trinajstić information content (AvgIpc) is 2.71. The van der Waals surface area contributed by atoms with Crippen LogP contribution in [0.3, 0.4) is 0 Å². The van der Waals surface area contributed by atoms with Gasteiger partial charge in [-0.15, -0.1) is 11.8 Å². The van der Waals surface area contributed by atoms with Gasteiger partial charge in [0.25, 0.3) is 5.56 Å². The fraction of sp³-hybridized carbons (Fsp3) is 0.150. The second-order valence-corrected chi connectivity index (χ2v) is 7.55. The van der Waals surface area contributed by atoms with Crippen molar-refractivity contribution in [2.75, 3.05) is 0 Å². The van der Waals surface area contributed by atoms with Crippen LogP contribution in [0.2, 0.25) is 5.02 Å². The lowest BCUT2D eigenvalue weighted by Gasteiger charge is -2.13. The highest BCUT2D eigenvalue weighted by Gasteiger charge is 2.21. The predicted octanol–water partition coefficient (Wildman–Crippen LogP) is 3.59. The molecule has 1 aromatic heterocycles. The molecule has 0 unspecified atom stereocenters. The second kappa shape index (κ2) is 8.67. The average molecular weight is 434 g/mol. The maximum atomic E-state index is 13.2. The molecule has 0 aliphatic rings. The number of rotatable bonds is 4. The van der Waals surface area contributed by atoms with E-state index in [0.29, 0.717) is 16.5 Å². The molecular weight excluding hydrogens is 417 g/mol. The van der Waals surface area contributed by atoms with Gasteiger partial charge in [0.2, 0.25) is 5.88 Å². The number of halogens is 2. The van der Waals surface area contributed by atoms with E-state index in [1.165, 1.54) is 50.1 Å². The molecule has 6 nitrogen and oxygen atoms in total. The van der Waals surface area contributed by atoms with Gasteiger partial charge in [0.05, 0.1) is 5.69 Å². The number of aromatic hydroxyl groups is 1.